The standard InChI is InChI=1S/C16H25NO2/c1-12(2)8-9-13(3)17-11-15-7-5-4-6-14(15)10-16(18)19/h4-7,12-13,17H,8-11H2,1-3H3,(H,18,19). The molecule has 0 fully saturated rings. The molecule has 0 bridgehead atoms. The van der Waals surface area contributed by atoms with Crippen LogP contribution < -0.4 is 5.32 Å². The van der Waals surface area contributed by atoms with E-state index in [2.05, 4.69) is 26.1 Å². The van der Waals surface area contributed by atoms with Crippen LogP contribution in [0.5, 0.6) is 0 Å². The van der Waals surface area contributed by atoms with Crippen LogP contribution in [0.15, 0.2) is 24.3 Å². The second kappa shape index (κ2) is 7.95. The van der Waals surface area contributed by atoms with Crippen molar-refractivity contribution in [1.82, 2.24) is 5.32 Å². The molecule has 1 rings (SSSR count). The summed E-state index contributed by atoms with van der Waals surface area (Å²) in [6.07, 6.45) is 2.46. The molecule has 1 aromatic carbocycles. The molecule has 106 valence electrons. The van der Waals surface area contributed by atoms with Gasteiger partial charge in [0.15, 0.2) is 0 Å². The van der Waals surface area contributed by atoms with Crippen LogP contribution in [0.4, 0.5) is 0 Å². The molecule has 19 heavy (non-hydrogen) atoms. The molecule has 0 heterocycles. The van der Waals surface area contributed by atoms with E-state index in [1.807, 2.05) is 24.3 Å². The summed E-state index contributed by atoms with van der Waals surface area (Å²) in [5, 5.41) is 12.4. The monoisotopic (exact) mass is 263 g/mol. The summed E-state index contributed by atoms with van der Waals surface area (Å²) in [4.78, 5) is 10.8. The maximum Gasteiger partial charge on any atom is 0.307 e. The lowest BCUT2D eigenvalue weighted by molar-refractivity contribution is -0.136. The van der Waals surface area contributed by atoms with Gasteiger partial charge in [0, 0.05) is 12.6 Å². The molecule has 0 aromatic heterocycles. The highest BCUT2D eigenvalue weighted by atomic mass is 16.4. The second-order valence-corrected chi connectivity index (χ2v) is 5.59. The van der Waals surface area contributed by atoms with Crippen LogP contribution in [0.2, 0.25) is 0 Å². The Balaban J connectivity index is 2.50. The minimum absolute atomic E-state index is 0.0955. The summed E-state index contributed by atoms with van der Waals surface area (Å²) in [6.45, 7) is 7.38. The minimum atomic E-state index is -0.777. The average molecular weight is 263 g/mol. The Bertz CT molecular complexity index is 401. The van der Waals surface area contributed by atoms with Crippen molar-refractivity contribution in [3.63, 3.8) is 0 Å². The van der Waals surface area contributed by atoms with Crippen molar-refractivity contribution in [2.45, 2.75) is 52.6 Å². The molecule has 3 nitrogen and oxygen atoms in total. The molecule has 1 atom stereocenters. The molecule has 0 spiro atoms. The predicted octanol–water partition coefficient (Wildman–Crippen LogP) is 3.23. The van der Waals surface area contributed by atoms with Gasteiger partial charge in [-0.3, -0.25) is 4.79 Å². The van der Waals surface area contributed by atoms with Crippen molar-refractivity contribution in [3.05, 3.63) is 35.4 Å². The zero-order valence-corrected chi connectivity index (χ0v) is 12.1. The van der Waals surface area contributed by atoms with Crippen molar-refractivity contribution in [2.75, 3.05) is 0 Å². The first-order chi connectivity index (χ1) is 8.99. The fourth-order valence-corrected chi connectivity index (χ4v) is 2.03. The fourth-order valence-electron chi connectivity index (χ4n) is 2.03. The summed E-state index contributed by atoms with van der Waals surface area (Å²) in [5.41, 5.74) is 1.99. The topological polar surface area (TPSA) is 49.3 Å². The molecule has 0 aliphatic carbocycles. The summed E-state index contributed by atoms with van der Waals surface area (Å²) in [5.74, 6) is -0.0520. The number of carboxylic acid groups (broad SMARTS) is 1. The van der Waals surface area contributed by atoms with Crippen LogP contribution in [0.25, 0.3) is 0 Å². The fraction of sp³-hybridized carbons (Fsp3) is 0.562. The van der Waals surface area contributed by atoms with Gasteiger partial charge < -0.3 is 10.4 Å². The van der Waals surface area contributed by atoms with Gasteiger partial charge >= 0.3 is 5.97 Å². The summed E-state index contributed by atoms with van der Waals surface area (Å²) in [7, 11) is 0. The zero-order chi connectivity index (χ0) is 14.3. The summed E-state index contributed by atoms with van der Waals surface area (Å²) >= 11 is 0. The first-order valence-corrected chi connectivity index (χ1v) is 7.01. The number of carbonyl (C=O) groups is 1. The van der Waals surface area contributed by atoms with Crippen LogP contribution in [0.1, 0.15) is 44.7 Å². The van der Waals surface area contributed by atoms with Gasteiger partial charge in [-0.05, 0) is 36.8 Å². The largest absolute Gasteiger partial charge is 0.481 e. The normalized spacial score (nSPS) is 12.6. The van der Waals surface area contributed by atoms with Gasteiger partial charge in [-0.15, -0.1) is 0 Å². The van der Waals surface area contributed by atoms with Crippen LogP contribution in [0, 0.1) is 5.92 Å². The van der Waals surface area contributed by atoms with E-state index in [0.29, 0.717) is 6.04 Å². The number of hydrogen-bond acceptors (Lipinski definition) is 2. The molecule has 0 aliphatic heterocycles. The summed E-state index contributed by atoms with van der Waals surface area (Å²) in [6, 6.07) is 8.20. The molecular weight excluding hydrogens is 238 g/mol. The van der Waals surface area contributed by atoms with E-state index in [-0.39, 0.29) is 6.42 Å². The Morgan fingerprint density at radius 3 is 2.37 bits per heavy atom. The predicted molar refractivity (Wildman–Crippen MR) is 78.2 cm³/mol. The van der Waals surface area contributed by atoms with Crippen molar-refractivity contribution in [2.24, 2.45) is 5.92 Å². The van der Waals surface area contributed by atoms with Crippen molar-refractivity contribution >= 4 is 5.97 Å². The molecule has 3 heteroatoms. The van der Waals surface area contributed by atoms with Gasteiger partial charge in [0.2, 0.25) is 0 Å². The Labute approximate surface area is 116 Å². The molecular formula is C16H25NO2. The lowest BCUT2D eigenvalue weighted by Gasteiger charge is -2.16. The third-order valence-corrected chi connectivity index (χ3v) is 3.28. The highest BCUT2D eigenvalue weighted by Gasteiger charge is 2.08. The van der Waals surface area contributed by atoms with Crippen LogP contribution in [-0.4, -0.2) is 17.1 Å². The molecule has 0 saturated heterocycles. The van der Waals surface area contributed by atoms with E-state index in [1.54, 1.807) is 0 Å². The number of hydrogen-bond donors (Lipinski definition) is 2. The number of rotatable bonds is 8. The molecule has 2 N–H and O–H groups in total. The highest BCUT2D eigenvalue weighted by molar-refractivity contribution is 5.70. The van der Waals surface area contributed by atoms with Crippen LogP contribution in [-0.2, 0) is 17.8 Å². The Kier molecular flexibility index (Phi) is 6.57. The van der Waals surface area contributed by atoms with Gasteiger partial charge in [0.05, 0.1) is 6.42 Å². The third-order valence-electron chi connectivity index (χ3n) is 3.28. The maximum absolute atomic E-state index is 10.8. The molecule has 0 saturated carbocycles. The number of nitrogens with one attached hydrogen (secondary N) is 1. The third kappa shape index (κ3) is 6.39. The smallest absolute Gasteiger partial charge is 0.307 e. The van der Waals surface area contributed by atoms with Gasteiger partial charge in [0.1, 0.15) is 0 Å². The second-order valence-electron chi connectivity index (χ2n) is 5.59. The van der Waals surface area contributed by atoms with Gasteiger partial charge in [-0.25, -0.2) is 0 Å². The van der Waals surface area contributed by atoms with Gasteiger partial charge in [-0.2, -0.15) is 0 Å². The van der Waals surface area contributed by atoms with Gasteiger partial charge in [0.25, 0.3) is 0 Å². The first-order valence-electron chi connectivity index (χ1n) is 7.01. The van der Waals surface area contributed by atoms with E-state index >= 15 is 0 Å². The SMILES string of the molecule is CC(C)CCC(C)NCc1ccccc1CC(=O)O. The van der Waals surface area contributed by atoms with E-state index in [9.17, 15) is 4.79 Å². The van der Waals surface area contributed by atoms with E-state index in [1.165, 1.54) is 6.42 Å². The maximum atomic E-state index is 10.8. The number of benzene rings is 1. The first kappa shape index (κ1) is 15.7. The van der Waals surface area contributed by atoms with Gasteiger partial charge in [-0.1, -0.05) is 38.1 Å². The lowest BCUT2D eigenvalue weighted by Crippen LogP contribution is -2.26. The van der Waals surface area contributed by atoms with E-state index in [0.717, 1.165) is 30.0 Å². The minimum Gasteiger partial charge on any atom is -0.481 e. The van der Waals surface area contributed by atoms with Crippen molar-refractivity contribution in [3.8, 4) is 0 Å². The number of aliphatic carboxylic acids is 1. The molecule has 1 unspecified atom stereocenters. The van der Waals surface area contributed by atoms with Crippen molar-refractivity contribution in [1.29, 1.82) is 0 Å². The van der Waals surface area contributed by atoms with Crippen LogP contribution in [0.3, 0.4) is 0 Å². The van der Waals surface area contributed by atoms with E-state index in [4.69, 9.17) is 5.11 Å². The average Bonchev–Trinajstić information content (AvgIpc) is 2.34. The summed E-state index contributed by atoms with van der Waals surface area (Å²) < 4.78 is 0. The highest BCUT2D eigenvalue weighted by Crippen LogP contribution is 2.11. The zero-order valence-electron chi connectivity index (χ0n) is 12.1. The number of carboxylic acids is 1. The van der Waals surface area contributed by atoms with E-state index < -0.39 is 5.97 Å². The van der Waals surface area contributed by atoms with Crippen LogP contribution >= 0.6 is 0 Å². The van der Waals surface area contributed by atoms with Crippen molar-refractivity contribution < 1.29 is 9.90 Å². The Hall–Kier alpha value is -1.35. The molecule has 0 aliphatic rings. The molecule has 0 radical (unpaired) electrons. The molecule has 1 aromatic rings. The quantitative estimate of drug-likeness (QED) is 0.757. The Morgan fingerprint density at radius 1 is 1.16 bits per heavy atom. The Morgan fingerprint density at radius 2 is 1.79 bits per heavy atom. The lowest BCUT2D eigenvalue weighted by atomic mass is 10.0. The molecule has 0 amide bonds.